The zero-order chi connectivity index (χ0) is 19.9. The van der Waals surface area contributed by atoms with Crippen LogP contribution >= 0.6 is 15.9 Å². The number of methoxy groups -OCH3 is 1. The van der Waals surface area contributed by atoms with Gasteiger partial charge in [0.15, 0.2) is 0 Å². The topological polar surface area (TPSA) is 42.0 Å². The molecule has 0 saturated carbocycles. The highest BCUT2D eigenvalue weighted by molar-refractivity contribution is 9.10. The molecule has 2 aromatic rings. The van der Waals surface area contributed by atoms with Crippen molar-refractivity contribution in [3.8, 4) is 5.75 Å². The predicted molar refractivity (Wildman–Crippen MR) is 114 cm³/mol. The van der Waals surface area contributed by atoms with Gasteiger partial charge in [0.25, 0.3) is 5.91 Å². The standard InChI is InChI=1S/C22H27BrN2O3/c1-17(15-24-10-12-28-13-11-24)25(16-18-6-4-3-5-7-18)22(26)20-14-19(27-2)8-9-21(20)23/h3-9,14,17H,10-13,15-16H2,1-2H3. The van der Waals surface area contributed by atoms with Gasteiger partial charge < -0.3 is 14.4 Å². The highest BCUT2D eigenvalue weighted by atomic mass is 79.9. The first-order chi connectivity index (χ1) is 13.6. The third kappa shape index (κ3) is 5.34. The van der Waals surface area contributed by atoms with Gasteiger partial charge in [-0.1, -0.05) is 30.3 Å². The van der Waals surface area contributed by atoms with Crippen molar-refractivity contribution in [3.63, 3.8) is 0 Å². The van der Waals surface area contributed by atoms with Gasteiger partial charge in [-0.15, -0.1) is 0 Å². The van der Waals surface area contributed by atoms with Crippen molar-refractivity contribution in [2.45, 2.75) is 19.5 Å². The monoisotopic (exact) mass is 446 g/mol. The highest BCUT2D eigenvalue weighted by Gasteiger charge is 2.26. The Morgan fingerprint density at radius 3 is 2.61 bits per heavy atom. The molecule has 0 radical (unpaired) electrons. The molecule has 1 aliphatic heterocycles. The summed E-state index contributed by atoms with van der Waals surface area (Å²) in [6.45, 7) is 6.81. The number of hydrogen-bond acceptors (Lipinski definition) is 4. The molecule has 2 aromatic carbocycles. The van der Waals surface area contributed by atoms with Crippen molar-refractivity contribution >= 4 is 21.8 Å². The third-order valence-electron chi connectivity index (χ3n) is 5.02. The van der Waals surface area contributed by atoms with Crippen molar-refractivity contribution in [1.82, 2.24) is 9.80 Å². The minimum absolute atomic E-state index is 0.00427. The highest BCUT2D eigenvalue weighted by Crippen LogP contribution is 2.25. The van der Waals surface area contributed by atoms with Gasteiger partial charge in [-0.05, 0) is 46.6 Å². The summed E-state index contributed by atoms with van der Waals surface area (Å²) in [5.41, 5.74) is 1.73. The molecule has 1 saturated heterocycles. The van der Waals surface area contributed by atoms with Crippen LogP contribution in [0.15, 0.2) is 53.0 Å². The van der Waals surface area contributed by atoms with Crippen LogP contribution in [0.2, 0.25) is 0 Å². The molecule has 0 bridgehead atoms. The van der Waals surface area contributed by atoms with E-state index in [1.165, 1.54) is 0 Å². The van der Waals surface area contributed by atoms with E-state index in [-0.39, 0.29) is 11.9 Å². The van der Waals surface area contributed by atoms with E-state index in [9.17, 15) is 4.79 Å². The minimum Gasteiger partial charge on any atom is -0.497 e. The lowest BCUT2D eigenvalue weighted by Crippen LogP contribution is -2.48. The van der Waals surface area contributed by atoms with E-state index >= 15 is 0 Å². The van der Waals surface area contributed by atoms with E-state index in [1.54, 1.807) is 13.2 Å². The number of ether oxygens (including phenoxy) is 2. The van der Waals surface area contributed by atoms with Gasteiger partial charge in [-0.2, -0.15) is 0 Å². The maximum atomic E-state index is 13.5. The second kappa shape index (κ2) is 10.0. The molecular weight excluding hydrogens is 420 g/mol. The fourth-order valence-electron chi connectivity index (χ4n) is 3.41. The first-order valence-electron chi connectivity index (χ1n) is 9.57. The second-order valence-electron chi connectivity index (χ2n) is 7.03. The summed E-state index contributed by atoms with van der Waals surface area (Å²) in [6.07, 6.45) is 0. The molecule has 6 heteroatoms. The lowest BCUT2D eigenvalue weighted by molar-refractivity contribution is 0.0228. The maximum absolute atomic E-state index is 13.5. The number of rotatable bonds is 7. The Balaban J connectivity index is 1.85. The molecule has 28 heavy (non-hydrogen) atoms. The van der Waals surface area contributed by atoms with Gasteiger partial charge in [0.1, 0.15) is 5.75 Å². The van der Waals surface area contributed by atoms with Gasteiger partial charge in [0.2, 0.25) is 0 Å². The van der Waals surface area contributed by atoms with Crippen LogP contribution in [0.1, 0.15) is 22.8 Å². The van der Waals surface area contributed by atoms with Gasteiger partial charge >= 0.3 is 0 Å². The molecule has 0 spiro atoms. The smallest absolute Gasteiger partial charge is 0.255 e. The molecule has 1 amide bonds. The summed E-state index contributed by atoms with van der Waals surface area (Å²) in [5, 5.41) is 0. The van der Waals surface area contributed by atoms with E-state index in [4.69, 9.17) is 9.47 Å². The van der Waals surface area contributed by atoms with E-state index in [0.29, 0.717) is 17.9 Å². The average Bonchev–Trinajstić information content (AvgIpc) is 2.73. The van der Waals surface area contributed by atoms with Gasteiger partial charge in [-0.3, -0.25) is 9.69 Å². The van der Waals surface area contributed by atoms with Crippen molar-refractivity contribution in [2.24, 2.45) is 0 Å². The first-order valence-corrected chi connectivity index (χ1v) is 10.4. The maximum Gasteiger partial charge on any atom is 0.255 e. The third-order valence-corrected chi connectivity index (χ3v) is 5.71. The summed E-state index contributed by atoms with van der Waals surface area (Å²) in [7, 11) is 1.61. The second-order valence-corrected chi connectivity index (χ2v) is 7.88. The van der Waals surface area contributed by atoms with Crippen LogP contribution in [0.5, 0.6) is 5.75 Å². The molecule has 3 rings (SSSR count). The molecular formula is C22H27BrN2O3. The fraction of sp³-hybridized carbons (Fsp3) is 0.409. The molecule has 0 N–H and O–H groups in total. The fourth-order valence-corrected chi connectivity index (χ4v) is 3.83. The van der Waals surface area contributed by atoms with E-state index < -0.39 is 0 Å². The van der Waals surface area contributed by atoms with Crippen LogP contribution in [0.25, 0.3) is 0 Å². The van der Waals surface area contributed by atoms with E-state index in [0.717, 1.165) is 42.9 Å². The van der Waals surface area contributed by atoms with Crippen LogP contribution in [0, 0.1) is 0 Å². The quantitative estimate of drug-likeness (QED) is 0.648. The Morgan fingerprint density at radius 1 is 1.21 bits per heavy atom. The van der Waals surface area contributed by atoms with E-state index in [2.05, 4.69) is 39.9 Å². The SMILES string of the molecule is COc1ccc(Br)c(C(=O)N(Cc2ccccc2)C(C)CN2CCOCC2)c1. The molecule has 5 nitrogen and oxygen atoms in total. The van der Waals surface area contributed by atoms with Crippen molar-refractivity contribution in [1.29, 1.82) is 0 Å². The van der Waals surface area contributed by atoms with E-state index in [1.807, 2.05) is 35.2 Å². The molecule has 1 heterocycles. The molecule has 1 unspecified atom stereocenters. The van der Waals surface area contributed by atoms with Crippen LogP contribution < -0.4 is 4.74 Å². The zero-order valence-corrected chi connectivity index (χ0v) is 18.0. The summed E-state index contributed by atoms with van der Waals surface area (Å²) >= 11 is 3.53. The normalized spacial score (nSPS) is 15.8. The Morgan fingerprint density at radius 2 is 1.93 bits per heavy atom. The van der Waals surface area contributed by atoms with Crippen LogP contribution in [-0.2, 0) is 11.3 Å². The molecule has 1 fully saturated rings. The van der Waals surface area contributed by atoms with Gasteiger partial charge in [0, 0.05) is 36.7 Å². The number of halogens is 1. The average molecular weight is 447 g/mol. The van der Waals surface area contributed by atoms with Crippen LogP contribution in [-0.4, -0.2) is 61.7 Å². The predicted octanol–water partition coefficient (Wildman–Crippen LogP) is 3.82. The number of amides is 1. The molecule has 150 valence electrons. The Kier molecular flexibility index (Phi) is 7.48. The number of benzene rings is 2. The molecule has 1 atom stereocenters. The number of carbonyl (C=O) groups excluding carboxylic acids is 1. The molecule has 0 aromatic heterocycles. The summed E-state index contributed by atoms with van der Waals surface area (Å²) in [6, 6.07) is 15.7. The lowest BCUT2D eigenvalue weighted by Gasteiger charge is -2.35. The summed E-state index contributed by atoms with van der Waals surface area (Å²) < 4.78 is 11.6. The van der Waals surface area contributed by atoms with Crippen molar-refractivity contribution in [2.75, 3.05) is 40.0 Å². The Hall–Kier alpha value is -1.89. The molecule has 0 aliphatic carbocycles. The Labute approximate surface area is 175 Å². The Bertz CT molecular complexity index is 779. The number of morpholine rings is 1. The van der Waals surface area contributed by atoms with Crippen LogP contribution in [0.4, 0.5) is 0 Å². The largest absolute Gasteiger partial charge is 0.497 e. The number of carbonyl (C=O) groups is 1. The minimum atomic E-state index is -0.00427. The lowest BCUT2D eigenvalue weighted by atomic mass is 10.1. The summed E-state index contributed by atoms with van der Waals surface area (Å²) in [4.78, 5) is 17.8. The van der Waals surface area contributed by atoms with Gasteiger partial charge in [-0.25, -0.2) is 0 Å². The molecule has 1 aliphatic rings. The van der Waals surface area contributed by atoms with Gasteiger partial charge in [0.05, 0.1) is 25.9 Å². The van der Waals surface area contributed by atoms with Crippen LogP contribution in [0.3, 0.4) is 0 Å². The summed E-state index contributed by atoms with van der Waals surface area (Å²) in [5.74, 6) is 0.669. The zero-order valence-electron chi connectivity index (χ0n) is 16.4. The van der Waals surface area contributed by atoms with Crippen molar-refractivity contribution < 1.29 is 14.3 Å². The number of nitrogens with zero attached hydrogens (tertiary/aromatic N) is 2. The van der Waals surface area contributed by atoms with Crippen molar-refractivity contribution in [3.05, 3.63) is 64.1 Å². The first kappa shape index (κ1) is 20.8. The number of hydrogen-bond donors (Lipinski definition) is 0.